The van der Waals surface area contributed by atoms with Crippen molar-refractivity contribution >= 4 is 0 Å². The van der Waals surface area contributed by atoms with E-state index in [4.69, 9.17) is 4.74 Å². The summed E-state index contributed by atoms with van der Waals surface area (Å²) in [7, 11) is 2.00. The van der Waals surface area contributed by atoms with Gasteiger partial charge in [-0.3, -0.25) is 0 Å². The predicted molar refractivity (Wildman–Crippen MR) is 61.9 cm³/mol. The molecule has 1 aliphatic rings. The van der Waals surface area contributed by atoms with E-state index in [0.29, 0.717) is 12.0 Å². The molecule has 3 nitrogen and oxygen atoms in total. The van der Waals surface area contributed by atoms with E-state index in [9.17, 15) is 5.11 Å². The van der Waals surface area contributed by atoms with Crippen molar-refractivity contribution in [1.82, 2.24) is 5.32 Å². The maximum Gasteiger partial charge on any atom is 0.0595 e. The summed E-state index contributed by atoms with van der Waals surface area (Å²) in [6.07, 6.45) is 3.12. The van der Waals surface area contributed by atoms with Gasteiger partial charge in [-0.2, -0.15) is 0 Å². The van der Waals surface area contributed by atoms with E-state index in [-0.39, 0.29) is 11.6 Å². The lowest BCUT2D eigenvalue weighted by Crippen LogP contribution is -2.44. The van der Waals surface area contributed by atoms with Crippen LogP contribution < -0.4 is 5.32 Å². The standard InChI is InChI=1S/C12H25NO2/c1-5-15-11-7-10(6-9(2)14)12(3,8-11)13-4/h9-11,13-14H,5-8H2,1-4H3. The molecule has 0 radical (unpaired) electrons. The molecule has 2 N–H and O–H groups in total. The van der Waals surface area contributed by atoms with Crippen LogP contribution in [0.25, 0.3) is 0 Å². The molecule has 0 heterocycles. The zero-order valence-corrected chi connectivity index (χ0v) is 10.4. The van der Waals surface area contributed by atoms with E-state index < -0.39 is 0 Å². The van der Waals surface area contributed by atoms with Crippen LogP contribution in [0.1, 0.15) is 40.0 Å². The smallest absolute Gasteiger partial charge is 0.0595 e. The van der Waals surface area contributed by atoms with E-state index in [1.165, 1.54) is 0 Å². The van der Waals surface area contributed by atoms with Gasteiger partial charge in [-0.15, -0.1) is 0 Å². The van der Waals surface area contributed by atoms with Crippen molar-refractivity contribution in [3.63, 3.8) is 0 Å². The van der Waals surface area contributed by atoms with Gasteiger partial charge < -0.3 is 15.2 Å². The van der Waals surface area contributed by atoms with Gasteiger partial charge in [-0.25, -0.2) is 0 Å². The Morgan fingerprint density at radius 1 is 1.60 bits per heavy atom. The lowest BCUT2D eigenvalue weighted by atomic mass is 9.85. The molecular formula is C12H25NO2. The first-order chi connectivity index (χ1) is 7.01. The third-order valence-corrected chi connectivity index (χ3v) is 3.70. The molecule has 15 heavy (non-hydrogen) atoms. The average Bonchev–Trinajstić information content (AvgIpc) is 2.44. The monoisotopic (exact) mass is 215 g/mol. The normalized spacial score (nSPS) is 38.2. The van der Waals surface area contributed by atoms with Crippen molar-refractivity contribution in [1.29, 1.82) is 0 Å². The quantitative estimate of drug-likeness (QED) is 0.731. The Kier molecular flexibility index (Phi) is 4.56. The first-order valence-corrected chi connectivity index (χ1v) is 6.00. The maximum absolute atomic E-state index is 9.49. The molecule has 90 valence electrons. The fraction of sp³-hybridized carbons (Fsp3) is 1.00. The number of hydrogen-bond donors (Lipinski definition) is 2. The Bertz CT molecular complexity index is 196. The summed E-state index contributed by atoms with van der Waals surface area (Å²) in [4.78, 5) is 0. The second kappa shape index (κ2) is 5.28. The Labute approximate surface area is 93.2 Å². The molecule has 1 rings (SSSR count). The summed E-state index contributed by atoms with van der Waals surface area (Å²) < 4.78 is 5.69. The molecule has 0 amide bonds. The van der Waals surface area contributed by atoms with Crippen LogP contribution in [-0.4, -0.2) is 36.5 Å². The number of aliphatic hydroxyl groups excluding tert-OH is 1. The van der Waals surface area contributed by atoms with Gasteiger partial charge in [-0.05, 0) is 53.0 Å². The van der Waals surface area contributed by atoms with E-state index in [1.54, 1.807) is 0 Å². The molecule has 1 saturated carbocycles. The van der Waals surface area contributed by atoms with Crippen molar-refractivity contribution < 1.29 is 9.84 Å². The van der Waals surface area contributed by atoms with Gasteiger partial charge >= 0.3 is 0 Å². The zero-order chi connectivity index (χ0) is 11.5. The van der Waals surface area contributed by atoms with Gasteiger partial charge in [0.15, 0.2) is 0 Å². The minimum atomic E-state index is -0.219. The Morgan fingerprint density at radius 2 is 2.27 bits per heavy atom. The van der Waals surface area contributed by atoms with Crippen molar-refractivity contribution in [3.05, 3.63) is 0 Å². The third-order valence-electron chi connectivity index (χ3n) is 3.70. The van der Waals surface area contributed by atoms with E-state index in [2.05, 4.69) is 12.2 Å². The summed E-state index contributed by atoms with van der Waals surface area (Å²) in [5.41, 5.74) is 0.122. The van der Waals surface area contributed by atoms with Crippen LogP contribution >= 0.6 is 0 Å². The maximum atomic E-state index is 9.49. The van der Waals surface area contributed by atoms with E-state index >= 15 is 0 Å². The van der Waals surface area contributed by atoms with Gasteiger partial charge in [0.25, 0.3) is 0 Å². The van der Waals surface area contributed by atoms with Crippen molar-refractivity contribution in [3.8, 4) is 0 Å². The van der Waals surface area contributed by atoms with Crippen LogP contribution in [0.3, 0.4) is 0 Å². The molecule has 0 bridgehead atoms. The van der Waals surface area contributed by atoms with Crippen LogP contribution in [0, 0.1) is 5.92 Å². The molecule has 0 aromatic heterocycles. The highest BCUT2D eigenvalue weighted by molar-refractivity contribution is 4.99. The highest BCUT2D eigenvalue weighted by Crippen LogP contribution is 2.39. The number of ether oxygens (including phenoxy) is 1. The largest absolute Gasteiger partial charge is 0.393 e. The molecule has 0 aliphatic heterocycles. The third kappa shape index (κ3) is 3.16. The van der Waals surface area contributed by atoms with Crippen LogP contribution in [0.15, 0.2) is 0 Å². The van der Waals surface area contributed by atoms with Gasteiger partial charge in [0.1, 0.15) is 0 Å². The predicted octanol–water partition coefficient (Wildman–Crippen LogP) is 1.55. The summed E-state index contributed by atoms with van der Waals surface area (Å²) in [5.74, 6) is 0.513. The molecule has 1 fully saturated rings. The Morgan fingerprint density at radius 3 is 2.73 bits per heavy atom. The molecule has 0 aromatic rings. The van der Waals surface area contributed by atoms with Crippen LogP contribution in [-0.2, 0) is 4.74 Å². The minimum Gasteiger partial charge on any atom is -0.393 e. The van der Waals surface area contributed by atoms with Gasteiger partial charge in [0.05, 0.1) is 12.2 Å². The summed E-state index contributed by atoms with van der Waals surface area (Å²) in [5, 5.41) is 12.9. The molecule has 0 aromatic carbocycles. The van der Waals surface area contributed by atoms with Crippen LogP contribution in [0.5, 0.6) is 0 Å². The topological polar surface area (TPSA) is 41.5 Å². The number of nitrogens with one attached hydrogen (secondary N) is 1. The first kappa shape index (κ1) is 12.9. The molecule has 0 spiro atoms. The summed E-state index contributed by atoms with van der Waals surface area (Å²) >= 11 is 0. The zero-order valence-electron chi connectivity index (χ0n) is 10.4. The van der Waals surface area contributed by atoms with Crippen molar-refractivity contribution in [2.75, 3.05) is 13.7 Å². The van der Waals surface area contributed by atoms with Gasteiger partial charge in [0, 0.05) is 12.1 Å². The van der Waals surface area contributed by atoms with Crippen molar-refractivity contribution in [2.24, 2.45) is 5.92 Å². The molecule has 0 saturated heterocycles. The Hall–Kier alpha value is -0.120. The van der Waals surface area contributed by atoms with Gasteiger partial charge in [0.2, 0.25) is 0 Å². The van der Waals surface area contributed by atoms with E-state index in [0.717, 1.165) is 25.9 Å². The number of aliphatic hydroxyl groups is 1. The van der Waals surface area contributed by atoms with Gasteiger partial charge in [-0.1, -0.05) is 0 Å². The summed E-state index contributed by atoms with van der Waals surface area (Å²) in [6, 6.07) is 0. The number of rotatable bonds is 5. The minimum absolute atomic E-state index is 0.122. The number of hydrogen-bond acceptors (Lipinski definition) is 3. The fourth-order valence-electron chi connectivity index (χ4n) is 2.74. The van der Waals surface area contributed by atoms with Crippen molar-refractivity contribution in [2.45, 2.75) is 57.8 Å². The average molecular weight is 215 g/mol. The Balaban J connectivity index is 2.59. The SMILES string of the molecule is CCOC1CC(CC(C)O)C(C)(NC)C1. The highest BCUT2D eigenvalue weighted by Gasteiger charge is 2.43. The second-order valence-electron chi connectivity index (χ2n) is 4.97. The first-order valence-electron chi connectivity index (χ1n) is 6.00. The molecule has 1 aliphatic carbocycles. The highest BCUT2D eigenvalue weighted by atomic mass is 16.5. The summed E-state index contributed by atoms with van der Waals surface area (Å²) in [6.45, 7) is 6.92. The second-order valence-corrected chi connectivity index (χ2v) is 4.97. The molecule has 4 atom stereocenters. The van der Waals surface area contributed by atoms with E-state index in [1.807, 2.05) is 20.9 Å². The lowest BCUT2D eigenvalue weighted by Gasteiger charge is -2.31. The van der Waals surface area contributed by atoms with Crippen LogP contribution in [0.4, 0.5) is 0 Å². The lowest BCUT2D eigenvalue weighted by molar-refractivity contribution is 0.0612. The fourth-order valence-corrected chi connectivity index (χ4v) is 2.74. The molecule has 4 unspecified atom stereocenters. The molecule has 3 heteroatoms. The van der Waals surface area contributed by atoms with Crippen LogP contribution in [0.2, 0.25) is 0 Å². The molecular weight excluding hydrogens is 190 g/mol.